The fraction of sp³-hybridized carbons (Fsp3) is 0.333. The van der Waals surface area contributed by atoms with Crippen LogP contribution in [0.4, 0.5) is 4.79 Å². The van der Waals surface area contributed by atoms with Crippen LogP contribution in [0.2, 0.25) is 0 Å². The summed E-state index contributed by atoms with van der Waals surface area (Å²) >= 11 is 0. The number of alkyl carbamates (subject to hydrolysis) is 1. The highest BCUT2D eigenvalue weighted by Gasteiger charge is 2.26. The van der Waals surface area contributed by atoms with Gasteiger partial charge in [0, 0.05) is 5.92 Å². The van der Waals surface area contributed by atoms with Crippen LogP contribution < -0.4 is 10.1 Å². The summed E-state index contributed by atoms with van der Waals surface area (Å²) < 4.78 is 11.0. The number of nitrogens with zero attached hydrogens (tertiary/aromatic N) is 1. The van der Waals surface area contributed by atoms with Gasteiger partial charge in [-0.3, -0.25) is 0 Å². The van der Waals surface area contributed by atoms with Crippen molar-refractivity contribution in [3.05, 3.63) is 65.7 Å². The number of amides is 1. The summed E-state index contributed by atoms with van der Waals surface area (Å²) in [6, 6.07) is 17.1. The second-order valence-corrected chi connectivity index (χ2v) is 6.91. The Kier molecular flexibility index (Phi) is 7.09. The van der Waals surface area contributed by atoms with Crippen LogP contribution in [0.25, 0.3) is 0 Å². The minimum Gasteiger partial charge on any atom is -0.493 e. The first-order chi connectivity index (χ1) is 13.6. The first-order valence-corrected chi connectivity index (χ1v) is 9.36. The van der Waals surface area contributed by atoms with Gasteiger partial charge in [0.1, 0.15) is 12.4 Å². The van der Waals surface area contributed by atoms with Crippen LogP contribution in [0.3, 0.4) is 0 Å². The number of benzene rings is 2. The summed E-state index contributed by atoms with van der Waals surface area (Å²) in [6.45, 7) is 4.48. The van der Waals surface area contributed by atoms with E-state index in [9.17, 15) is 9.59 Å². The van der Waals surface area contributed by atoms with Crippen molar-refractivity contribution in [3.8, 4) is 5.75 Å². The first-order valence-electron chi connectivity index (χ1n) is 9.36. The molecule has 2 aromatic carbocycles. The lowest BCUT2D eigenvalue weighted by atomic mass is 9.85. The Hall–Kier alpha value is -2.80. The number of carbonyl (C=O) groups is 2. The molecule has 1 atom stereocenters. The highest BCUT2D eigenvalue weighted by molar-refractivity contribution is 6.64. The Morgan fingerprint density at radius 3 is 2.61 bits per heavy atom. The molecule has 1 fully saturated rings. The summed E-state index contributed by atoms with van der Waals surface area (Å²) in [7, 11) is 1.56. The lowest BCUT2D eigenvalue weighted by Gasteiger charge is -2.37. The Balaban J connectivity index is 1.39. The van der Waals surface area contributed by atoms with Crippen LogP contribution in [-0.4, -0.2) is 44.2 Å². The van der Waals surface area contributed by atoms with Gasteiger partial charge in [-0.05, 0) is 43.3 Å². The minimum absolute atomic E-state index is 0.170. The van der Waals surface area contributed by atoms with Crippen LogP contribution >= 0.6 is 0 Å². The molecular formula is C21H24BN2O4. The molecule has 1 heterocycles. The lowest BCUT2D eigenvalue weighted by Crippen LogP contribution is -2.51. The molecule has 1 N–H and O–H groups in total. The Labute approximate surface area is 166 Å². The molecule has 6 nitrogen and oxygen atoms in total. The van der Waals surface area contributed by atoms with E-state index in [2.05, 4.69) is 5.32 Å². The molecule has 1 saturated heterocycles. The van der Waals surface area contributed by atoms with E-state index in [1.54, 1.807) is 7.41 Å². The maximum absolute atomic E-state index is 12.0. The topological polar surface area (TPSA) is 67.9 Å². The van der Waals surface area contributed by atoms with E-state index in [1.807, 2.05) is 66.3 Å². The predicted molar refractivity (Wildman–Crippen MR) is 108 cm³/mol. The van der Waals surface area contributed by atoms with Gasteiger partial charge in [-0.25, -0.2) is 4.79 Å². The molecular weight excluding hydrogens is 355 g/mol. The van der Waals surface area contributed by atoms with Gasteiger partial charge in [-0.15, -0.1) is 0 Å². The maximum Gasteiger partial charge on any atom is 0.407 e. The smallest absolute Gasteiger partial charge is 0.407 e. The molecule has 0 aliphatic carbocycles. The molecule has 0 unspecified atom stereocenters. The van der Waals surface area contributed by atoms with E-state index in [1.165, 1.54) is 0 Å². The number of carbonyl (C=O) groups excluding carboxylic acids is 2. The summed E-state index contributed by atoms with van der Waals surface area (Å²) in [4.78, 5) is 24.3. The zero-order valence-corrected chi connectivity index (χ0v) is 15.9. The fourth-order valence-corrected chi connectivity index (χ4v) is 3.01. The molecule has 145 valence electrons. The largest absolute Gasteiger partial charge is 0.493 e. The van der Waals surface area contributed by atoms with Crippen LogP contribution in [0.15, 0.2) is 54.6 Å². The summed E-state index contributed by atoms with van der Waals surface area (Å²) in [6.07, 6.45) is 0.362. The average Bonchev–Trinajstić information content (AvgIpc) is 2.69. The second kappa shape index (κ2) is 9.94. The van der Waals surface area contributed by atoms with Gasteiger partial charge < -0.3 is 24.4 Å². The summed E-state index contributed by atoms with van der Waals surface area (Å²) in [5, 5.41) is 2.83. The zero-order chi connectivity index (χ0) is 19.8. The maximum atomic E-state index is 12.0. The van der Waals surface area contributed by atoms with Crippen molar-refractivity contribution in [2.75, 3.05) is 19.7 Å². The van der Waals surface area contributed by atoms with Gasteiger partial charge >= 0.3 is 6.09 Å². The third-order valence-electron chi connectivity index (χ3n) is 4.67. The molecule has 1 aliphatic rings. The predicted octanol–water partition coefficient (Wildman–Crippen LogP) is 2.79. The van der Waals surface area contributed by atoms with Crippen LogP contribution in [-0.2, 0) is 16.1 Å². The van der Waals surface area contributed by atoms with E-state index in [-0.39, 0.29) is 12.6 Å². The van der Waals surface area contributed by atoms with Gasteiger partial charge in [0.2, 0.25) is 0 Å². The standard InChI is InChI=1S/C21H24BN2O4/c1-16(23-21(26)28-13-17-5-3-2-4-6-17)19-7-9-20(10-8-19)27-14-18-11-24(12-18)22-15-25/h2-10,15-16,18H,11-14H2,1H3,(H,23,26)/t16-/m0/s1. The van der Waals surface area contributed by atoms with E-state index >= 15 is 0 Å². The highest BCUT2D eigenvalue weighted by atomic mass is 16.5. The highest BCUT2D eigenvalue weighted by Crippen LogP contribution is 2.20. The minimum atomic E-state index is -0.446. The van der Waals surface area contributed by atoms with Crippen molar-refractivity contribution in [3.63, 3.8) is 0 Å². The number of hydrogen-bond donors (Lipinski definition) is 1. The second-order valence-electron chi connectivity index (χ2n) is 6.91. The lowest BCUT2D eigenvalue weighted by molar-refractivity contribution is 0.130. The molecule has 0 aromatic heterocycles. The molecule has 28 heavy (non-hydrogen) atoms. The molecule has 1 radical (unpaired) electrons. The number of nitrogens with one attached hydrogen (secondary N) is 1. The van der Waals surface area contributed by atoms with Crippen LogP contribution in [0.5, 0.6) is 5.75 Å². The molecule has 2 aromatic rings. The SMILES string of the molecule is C[C@H](NC(=O)OCc1ccccc1)c1ccc(OCC2CN([B]C=O)C2)cc1. The van der Waals surface area contributed by atoms with Gasteiger partial charge in [-0.2, -0.15) is 0 Å². The summed E-state index contributed by atoms with van der Waals surface area (Å²) in [5.74, 6) is 1.23. The Morgan fingerprint density at radius 1 is 1.21 bits per heavy atom. The van der Waals surface area contributed by atoms with Crippen LogP contribution in [0.1, 0.15) is 24.1 Å². The van der Waals surface area contributed by atoms with Crippen molar-refractivity contribution in [2.45, 2.75) is 19.6 Å². The van der Waals surface area contributed by atoms with Crippen molar-refractivity contribution in [1.82, 2.24) is 10.1 Å². The van der Waals surface area contributed by atoms with E-state index in [0.29, 0.717) is 12.5 Å². The monoisotopic (exact) mass is 379 g/mol. The third-order valence-corrected chi connectivity index (χ3v) is 4.67. The van der Waals surface area contributed by atoms with E-state index in [4.69, 9.17) is 9.47 Å². The van der Waals surface area contributed by atoms with Crippen molar-refractivity contribution in [1.29, 1.82) is 0 Å². The van der Waals surface area contributed by atoms with E-state index in [0.717, 1.165) is 36.2 Å². The Bertz CT molecular complexity index is 764. The number of rotatable bonds is 9. The molecule has 1 amide bonds. The van der Waals surface area contributed by atoms with E-state index < -0.39 is 6.09 Å². The van der Waals surface area contributed by atoms with Gasteiger partial charge in [0.05, 0.1) is 18.8 Å². The van der Waals surface area contributed by atoms with Crippen LogP contribution in [0, 0.1) is 5.92 Å². The molecule has 3 rings (SSSR count). The van der Waals surface area contributed by atoms with Gasteiger partial charge in [-0.1, -0.05) is 42.5 Å². The normalized spacial score (nSPS) is 15.2. The molecule has 7 heteroatoms. The number of hydrogen-bond acceptors (Lipinski definition) is 5. The van der Waals surface area contributed by atoms with Gasteiger partial charge in [0.25, 0.3) is 7.41 Å². The van der Waals surface area contributed by atoms with Crippen molar-refractivity contribution >= 4 is 19.7 Å². The van der Waals surface area contributed by atoms with Crippen molar-refractivity contribution < 1.29 is 19.1 Å². The first kappa shape index (κ1) is 20.0. The Morgan fingerprint density at radius 2 is 1.93 bits per heavy atom. The average molecular weight is 379 g/mol. The summed E-state index contributed by atoms with van der Waals surface area (Å²) in [5.41, 5.74) is 1.92. The number of ether oxygens (including phenoxy) is 2. The third kappa shape index (κ3) is 5.86. The molecule has 1 aliphatic heterocycles. The molecule has 0 bridgehead atoms. The fourth-order valence-electron chi connectivity index (χ4n) is 3.01. The van der Waals surface area contributed by atoms with Crippen molar-refractivity contribution in [2.24, 2.45) is 5.92 Å². The molecule has 0 saturated carbocycles. The quantitative estimate of drug-likeness (QED) is 0.536. The zero-order valence-electron chi connectivity index (χ0n) is 15.9. The van der Waals surface area contributed by atoms with Gasteiger partial charge in [0.15, 0.2) is 0 Å². The molecule has 0 spiro atoms.